The summed E-state index contributed by atoms with van der Waals surface area (Å²) < 4.78 is 11.5. The minimum atomic E-state index is 0.244. The summed E-state index contributed by atoms with van der Waals surface area (Å²) in [5, 5.41) is 3.90. The predicted octanol–water partition coefficient (Wildman–Crippen LogP) is 3.84. The van der Waals surface area contributed by atoms with Crippen molar-refractivity contribution in [2.24, 2.45) is 16.2 Å². The highest BCUT2D eigenvalue weighted by atomic mass is 16.5. The van der Waals surface area contributed by atoms with Gasteiger partial charge in [-0.2, -0.15) is 0 Å². The Morgan fingerprint density at radius 2 is 1.67 bits per heavy atom. The lowest BCUT2D eigenvalue weighted by molar-refractivity contribution is -0.164. The molecule has 0 bridgehead atoms. The van der Waals surface area contributed by atoms with E-state index in [-0.39, 0.29) is 5.54 Å². The van der Waals surface area contributed by atoms with Gasteiger partial charge in [0.2, 0.25) is 0 Å². The molecule has 3 unspecified atom stereocenters. The standard InChI is InChI=1S/C23H42N2O2/c1-20(2,3)25-10-7-23(16-27-17-23)13-18(25)12-21(4,5)19-14-22(6-9-24-19)8-11-26-15-22/h18-19,24H,6-17H2,1-5H3. The van der Waals surface area contributed by atoms with Crippen LogP contribution in [0.4, 0.5) is 0 Å². The van der Waals surface area contributed by atoms with Crippen LogP contribution >= 0.6 is 0 Å². The molecule has 0 aromatic heterocycles. The number of piperidine rings is 2. The molecular weight excluding hydrogens is 336 g/mol. The summed E-state index contributed by atoms with van der Waals surface area (Å²) in [6.07, 6.45) is 7.74. The van der Waals surface area contributed by atoms with Gasteiger partial charge in [0.15, 0.2) is 0 Å². The normalized spacial score (nSPS) is 37.7. The zero-order valence-corrected chi connectivity index (χ0v) is 18.4. The smallest absolute Gasteiger partial charge is 0.0545 e. The van der Waals surface area contributed by atoms with Gasteiger partial charge in [0.1, 0.15) is 0 Å². The number of hydrogen-bond acceptors (Lipinski definition) is 4. The maximum Gasteiger partial charge on any atom is 0.0545 e. The molecule has 0 amide bonds. The molecule has 3 atom stereocenters. The van der Waals surface area contributed by atoms with Crippen LogP contribution in [0.3, 0.4) is 0 Å². The van der Waals surface area contributed by atoms with E-state index in [0.29, 0.717) is 28.3 Å². The first-order valence-corrected chi connectivity index (χ1v) is 11.3. The average Bonchev–Trinajstić information content (AvgIpc) is 2.99. The number of rotatable bonds is 3. The molecule has 0 saturated carbocycles. The van der Waals surface area contributed by atoms with Crippen LogP contribution in [0.1, 0.15) is 73.1 Å². The second kappa shape index (κ2) is 6.97. The highest BCUT2D eigenvalue weighted by Gasteiger charge is 2.50. The van der Waals surface area contributed by atoms with Crippen molar-refractivity contribution in [3.8, 4) is 0 Å². The molecule has 0 aromatic rings. The van der Waals surface area contributed by atoms with Crippen LogP contribution in [0.25, 0.3) is 0 Å². The monoisotopic (exact) mass is 378 g/mol. The minimum Gasteiger partial charge on any atom is -0.381 e. The molecule has 4 nitrogen and oxygen atoms in total. The van der Waals surface area contributed by atoms with E-state index in [0.717, 1.165) is 33.0 Å². The molecule has 4 fully saturated rings. The molecule has 156 valence electrons. The van der Waals surface area contributed by atoms with Crippen LogP contribution in [0.2, 0.25) is 0 Å². The average molecular weight is 379 g/mol. The summed E-state index contributed by atoms with van der Waals surface area (Å²) in [5.74, 6) is 0. The number of ether oxygens (including phenoxy) is 2. The number of nitrogens with zero attached hydrogens (tertiary/aromatic N) is 1. The van der Waals surface area contributed by atoms with E-state index in [1.54, 1.807) is 0 Å². The van der Waals surface area contributed by atoms with Crippen LogP contribution in [-0.4, -0.2) is 62.0 Å². The van der Waals surface area contributed by atoms with Crippen LogP contribution in [0.15, 0.2) is 0 Å². The Bertz CT molecular complexity index is 529. The van der Waals surface area contributed by atoms with Crippen LogP contribution in [0, 0.1) is 16.2 Å². The lowest BCUT2D eigenvalue weighted by Gasteiger charge is -2.56. The van der Waals surface area contributed by atoms with Crippen molar-refractivity contribution in [1.29, 1.82) is 0 Å². The first-order valence-electron chi connectivity index (χ1n) is 11.3. The van der Waals surface area contributed by atoms with Crippen molar-refractivity contribution < 1.29 is 9.47 Å². The Kier molecular flexibility index (Phi) is 5.19. The first-order chi connectivity index (χ1) is 12.6. The fraction of sp³-hybridized carbons (Fsp3) is 1.00. The summed E-state index contributed by atoms with van der Waals surface area (Å²) in [5.41, 5.74) is 1.47. The lowest BCUT2D eigenvalue weighted by Crippen LogP contribution is -2.61. The highest BCUT2D eigenvalue weighted by Crippen LogP contribution is 2.48. The topological polar surface area (TPSA) is 33.7 Å². The Hall–Kier alpha value is -0.160. The molecule has 0 aliphatic carbocycles. The maximum atomic E-state index is 5.81. The largest absolute Gasteiger partial charge is 0.381 e. The fourth-order valence-electron chi connectivity index (χ4n) is 6.40. The SMILES string of the molecule is CC(C)(CC1CC2(CCN1C(C)(C)C)COC2)C1CC2(CCN1)CCOC2. The summed E-state index contributed by atoms with van der Waals surface area (Å²) in [6.45, 7) is 18.5. The van der Waals surface area contributed by atoms with E-state index in [2.05, 4.69) is 44.8 Å². The van der Waals surface area contributed by atoms with Gasteiger partial charge in [0, 0.05) is 29.6 Å². The van der Waals surface area contributed by atoms with E-state index in [1.165, 1.54) is 45.1 Å². The third kappa shape index (κ3) is 3.97. The van der Waals surface area contributed by atoms with Crippen molar-refractivity contribution in [3.63, 3.8) is 0 Å². The molecule has 1 N–H and O–H groups in total. The summed E-state index contributed by atoms with van der Waals surface area (Å²) in [7, 11) is 0. The van der Waals surface area contributed by atoms with Crippen LogP contribution < -0.4 is 5.32 Å². The Morgan fingerprint density at radius 1 is 0.926 bits per heavy atom. The summed E-state index contributed by atoms with van der Waals surface area (Å²) >= 11 is 0. The molecule has 2 spiro atoms. The molecule has 4 aliphatic heterocycles. The molecule has 4 rings (SSSR count). The van der Waals surface area contributed by atoms with Crippen molar-refractivity contribution in [2.45, 2.75) is 90.8 Å². The van der Waals surface area contributed by atoms with Gasteiger partial charge in [-0.1, -0.05) is 13.8 Å². The predicted molar refractivity (Wildman–Crippen MR) is 110 cm³/mol. The van der Waals surface area contributed by atoms with Crippen molar-refractivity contribution in [1.82, 2.24) is 10.2 Å². The lowest BCUT2D eigenvalue weighted by atomic mass is 9.64. The first kappa shape index (κ1) is 20.1. The zero-order valence-electron chi connectivity index (χ0n) is 18.4. The molecule has 4 heterocycles. The van der Waals surface area contributed by atoms with Crippen molar-refractivity contribution >= 4 is 0 Å². The van der Waals surface area contributed by atoms with Gasteiger partial charge >= 0.3 is 0 Å². The molecule has 4 saturated heterocycles. The van der Waals surface area contributed by atoms with E-state index >= 15 is 0 Å². The zero-order chi connectivity index (χ0) is 19.3. The van der Waals surface area contributed by atoms with Crippen molar-refractivity contribution in [3.05, 3.63) is 0 Å². The van der Waals surface area contributed by atoms with E-state index in [4.69, 9.17) is 9.47 Å². The van der Waals surface area contributed by atoms with E-state index in [9.17, 15) is 0 Å². The highest BCUT2D eigenvalue weighted by molar-refractivity contribution is 5.03. The Labute approximate surface area is 166 Å². The molecule has 0 radical (unpaired) electrons. The Morgan fingerprint density at radius 3 is 2.26 bits per heavy atom. The number of hydrogen-bond donors (Lipinski definition) is 1. The minimum absolute atomic E-state index is 0.244. The molecule has 27 heavy (non-hydrogen) atoms. The maximum absolute atomic E-state index is 5.81. The van der Waals surface area contributed by atoms with Crippen LogP contribution in [-0.2, 0) is 9.47 Å². The quantitative estimate of drug-likeness (QED) is 0.809. The van der Waals surface area contributed by atoms with Crippen LogP contribution in [0.5, 0.6) is 0 Å². The van der Waals surface area contributed by atoms with Gasteiger partial charge in [-0.3, -0.25) is 4.90 Å². The molecule has 4 heteroatoms. The molecular formula is C23H42N2O2. The second-order valence-electron chi connectivity index (χ2n) is 11.9. The van der Waals surface area contributed by atoms with Gasteiger partial charge in [0.05, 0.1) is 19.8 Å². The van der Waals surface area contributed by atoms with Gasteiger partial charge < -0.3 is 14.8 Å². The molecule has 0 aromatic carbocycles. The fourth-order valence-corrected chi connectivity index (χ4v) is 6.40. The van der Waals surface area contributed by atoms with Gasteiger partial charge in [0.25, 0.3) is 0 Å². The Balaban J connectivity index is 1.48. The van der Waals surface area contributed by atoms with Gasteiger partial charge in [-0.25, -0.2) is 0 Å². The molecule has 4 aliphatic rings. The third-order valence-corrected chi connectivity index (χ3v) is 8.24. The third-order valence-electron chi connectivity index (χ3n) is 8.24. The van der Waals surface area contributed by atoms with Crippen molar-refractivity contribution in [2.75, 3.05) is 39.5 Å². The van der Waals surface area contributed by atoms with E-state index < -0.39 is 0 Å². The number of nitrogens with one attached hydrogen (secondary N) is 1. The second-order valence-corrected chi connectivity index (χ2v) is 11.9. The van der Waals surface area contributed by atoms with E-state index in [1.807, 2.05) is 0 Å². The summed E-state index contributed by atoms with van der Waals surface area (Å²) in [4.78, 5) is 2.80. The van der Waals surface area contributed by atoms with Gasteiger partial charge in [-0.15, -0.1) is 0 Å². The number of likely N-dealkylation sites (tertiary alicyclic amines) is 1. The summed E-state index contributed by atoms with van der Waals surface area (Å²) in [6, 6.07) is 1.27. The van der Waals surface area contributed by atoms with Gasteiger partial charge in [-0.05, 0) is 83.2 Å².